The molecule has 6 nitrogen and oxygen atoms in total. The quantitative estimate of drug-likeness (QED) is 0.776. The van der Waals surface area contributed by atoms with Crippen LogP contribution in [0.4, 0.5) is 0 Å². The van der Waals surface area contributed by atoms with Crippen LogP contribution in [0, 0.1) is 0 Å². The van der Waals surface area contributed by atoms with E-state index >= 15 is 0 Å². The van der Waals surface area contributed by atoms with Crippen molar-refractivity contribution in [1.82, 2.24) is 15.1 Å². The minimum Gasteiger partial charge on any atom is -0.476 e. The van der Waals surface area contributed by atoms with Crippen LogP contribution in [0.5, 0.6) is 0 Å². The van der Waals surface area contributed by atoms with E-state index in [4.69, 9.17) is 5.11 Å². The number of nitrogens with one attached hydrogen (secondary N) is 1. The van der Waals surface area contributed by atoms with Gasteiger partial charge in [-0.3, -0.25) is 9.48 Å². The van der Waals surface area contributed by atoms with Gasteiger partial charge in [-0.15, -0.1) is 0 Å². The van der Waals surface area contributed by atoms with Crippen molar-refractivity contribution >= 4 is 12.3 Å². The van der Waals surface area contributed by atoms with Gasteiger partial charge in [0, 0.05) is 18.3 Å². The largest absolute Gasteiger partial charge is 0.476 e. The molecule has 6 heteroatoms. The SMILES string of the molecule is O=Cc1cn(C2CC3CCC(C2)N3)nc1C(=O)O. The number of aldehydes is 1. The summed E-state index contributed by atoms with van der Waals surface area (Å²) in [6, 6.07) is 1.22. The van der Waals surface area contributed by atoms with Crippen LogP contribution in [0.15, 0.2) is 6.20 Å². The fraction of sp³-hybridized carbons (Fsp3) is 0.583. The monoisotopic (exact) mass is 249 g/mol. The first-order valence-electron chi connectivity index (χ1n) is 6.21. The van der Waals surface area contributed by atoms with Gasteiger partial charge in [0.1, 0.15) is 0 Å². The number of aromatic carboxylic acids is 1. The van der Waals surface area contributed by atoms with Crippen LogP contribution >= 0.6 is 0 Å². The van der Waals surface area contributed by atoms with E-state index in [1.807, 2.05) is 0 Å². The van der Waals surface area contributed by atoms with Crippen molar-refractivity contribution in [3.63, 3.8) is 0 Å². The van der Waals surface area contributed by atoms with E-state index in [1.54, 1.807) is 10.9 Å². The molecule has 2 bridgehead atoms. The van der Waals surface area contributed by atoms with Crippen molar-refractivity contribution in [2.75, 3.05) is 0 Å². The zero-order chi connectivity index (χ0) is 12.7. The van der Waals surface area contributed by atoms with Gasteiger partial charge >= 0.3 is 5.97 Å². The van der Waals surface area contributed by atoms with Crippen molar-refractivity contribution in [3.05, 3.63) is 17.5 Å². The zero-order valence-corrected chi connectivity index (χ0v) is 9.87. The Morgan fingerprint density at radius 2 is 2.11 bits per heavy atom. The van der Waals surface area contributed by atoms with Gasteiger partial charge < -0.3 is 10.4 Å². The molecule has 2 atom stereocenters. The van der Waals surface area contributed by atoms with Crippen molar-refractivity contribution in [1.29, 1.82) is 0 Å². The van der Waals surface area contributed by atoms with E-state index in [0.717, 1.165) is 12.8 Å². The third-order valence-corrected chi connectivity index (χ3v) is 3.91. The van der Waals surface area contributed by atoms with Crippen LogP contribution in [0.2, 0.25) is 0 Å². The number of carbonyl (C=O) groups excluding carboxylic acids is 1. The number of nitrogens with zero attached hydrogens (tertiary/aromatic N) is 2. The van der Waals surface area contributed by atoms with E-state index in [0.29, 0.717) is 18.4 Å². The van der Waals surface area contributed by atoms with Crippen molar-refractivity contribution in [2.45, 2.75) is 43.8 Å². The molecule has 0 saturated carbocycles. The van der Waals surface area contributed by atoms with Crippen LogP contribution in [0.1, 0.15) is 52.6 Å². The summed E-state index contributed by atoms with van der Waals surface area (Å²) in [5, 5.41) is 16.6. The lowest BCUT2D eigenvalue weighted by Crippen LogP contribution is -2.39. The number of fused-ring (bicyclic) bond motifs is 2. The number of carboxylic acid groups (broad SMARTS) is 1. The summed E-state index contributed by atoms with van der Waals surface area (Å²) < 4.78 is 1.67. The van der Waals surface area contributed by atoms with Gasteiger partial charge in [0.25, 0.3) is 0 Å². The maximum Gasteiger partial charge on any atom is 0.357 e. The Kier molecular flexibility index (Phi) is 2.66. The third-order valence-electron chi connectivity index (χ3n) is 3.91. The average molecular weight is 249 g/mol. The Morgan fingerprint density at radius 3 is 2.61 bits per heavy atom. The molecule has 0 aromatic carbocycles. The molecule has 3 heterocycles. The number of carboxylic acids is 1. The molecule has 96 valence electrons. The molecular weight excluding hydrogens is 234 g/mol. The zero-order valence-electron chi connectivity index (χ0n) is 9.87. The van der Waals surface area contributed by atoms with Gasteiger partial charge in [0.15, 0.2) is 12.0 Å². The lowest BCUT2D eigenvalue weighted by Gasteiger charge is -2.29. The number of hydrogen-bond acceptors (Lipinski definition) is 4. The summed E-state index contributed by atoms with van der Waals surface area (Å²) in [7, 11) is 0. The fourth-order valence-corrected chi connectivity index (χ4v) is 3.09. The lowest BCUT2D eigenvalue weighted by atomic mass is 10.0. The van der Waals surface area contributed by atoms with Crippen LogP contribution in [0.25, 0.3) is 0 Å². The predicted molar refractivity (Wildman–Crippen MR) is 62.8 cm³/mol. The first-order chi connectivity index (χ1) is 8.67. The maximum absolute atomic E-state index is 11.0. The molecule has 0 spiro atoms. The Balaban J connectivity index is 1.88. The smallest absolute Gasteiger partial charge is 0.357 e. The average Bonchev–Trinajstić information content (AvgIpc) is 2.93. The molecule has 2 aliphatic rings. The number of aromatic nitrogens is 2. The topological polar surface area (TPSA) is 84.2 Å². The van der Waals surface area contributed by atoms with Gasteiger partial charge in [-0.1, -0.05) is 0 Å². The number of rotatable bonds is 3. The molecule has 0 aliphatic carbocycles. The molecule has 2 saturated heterocycles. The molecule has 2 fully saturated rings. The summed E-state index contributed by atoms with van der Waals surface area (Å²) >= 11 is 0. The number of piperidine rings is 1. The molecule has 0 amide bonds. The Hall–Kier alpha value is -1.69. The highest BCUT2D eigenvalue weighted by Gasteiger charge is 2.35. The molecule has 2 unspecified atom stereocenters. The van der Waals surface area contributed by atoms with Gasteiger partial charge in [0.2, 0.25) is 0 Å². The predicted octanol–water partition coefficient (Wildman–Crippen LogP) is 0.849. The van der Waals surface area contributed by atoms with E-state index < -0.39 is 5.97 Å². The van der Waals surface area contributed by atoms with Crippen LogP contribution in [-0.4, -0.2) is 39.2 Å². The second-order valence-electron chi connectivity index (χ2n) is 5.10. The van der Waals surface area contributed by atoms with Crippen LogP contribution in [-0.2, 0) is 0 Å². The summed E-state index contributed by atoms with van der Waals surface area (Å²) in [5.41, 5.74) is 0.0178. The van der Waals surface area contributed by atoms with Gasteiger partial charge in [-0.05, 0) is 25.7 Å². The number of carbonyl (C=O) groups is 2. The number of hydrogen-bond donors (Lipinski definition) is 2. The summed E-state index contributed by atoms with van der Waals surface area (Å²) in [4.78, 5) is 21.8. The highest BCUT2D eigenvalue weighted by molar-refractivity contribution is 5.95. The highest BCUT2D eigenvalue weighted by Crippen LogP contribution is 2.33. The summed E-state index contributed by atoms with van der Waals surface area (Å²) in [6.07, 6.45) is 6.38. The summed E-state index contributed by atoms with van der Waals surface area (Å²) in [5.74, 6) is -1.15. The Labute approximate surface area is 104 Å². The normalized spacial score (nSPS) is 30.3. The van der Waals surface area contributed by atoms with Crippen LogP contribution < -0.4 is 5.32 Å². The van der Waals surface area contributed by atoms with Gasteiger partial charge in [-0.2, -0.15) is 5.10 Å². The summed E-state index contributed by atoms with van der Waals surface area (Å²) in [6.45, 7) is 0. The van der Waals surface area contributed by atoms with E-state index in [-0.39, 0.29) is 17.3 Å². The minimum absolute atomic E-state index is 0.143. The molecule has 0 radical (unpaired) electrons. The van der Waals surface area contributed by atoms with Gasteiger partial charge in [-0.25, -0.2) is 4.79 Å². The van der Waals surface area contributed by atoms with Crippen LogP contribution in [0.3, 0.4) is 0 Å². The Bertz CT molecular complexity index is 485. The second kappa shape index (κ2) is 4.20. The first-order valence-corrected chi connectivity index (χ1v) is 6.21. The molecule has 1 aromatic rings. The van der Waals surface area contributed by atoms with E-state index in [9.17, 15) is 9.59 Å². The molecule has 3 rings (SSSR count). The van der Waals surface area contributed by atoms with Gasteiger partial charge in [0.05, 0.1) is 11.6 Å². The van der Waals surface area contributed by atoms with Crippen molar-refractivity contribution in [3.8, 4) is 0 Å². The van der Waals surface area contributed by atoms with E-state index in [2.05, 4.69) is 10.4 Å². The third kappa shape index (κ3) is 1.82. The van der Waals surface area contributed by atoms with Crippen molar-refractivity contribution < 1.29 is 14.7 Å². The first kappa shape index (κ1) is 11.4. The fourth-order valence-electron chi connectivity index (χ4n) is 3.09. The second-order valence-corrected chi connectivity index (χ2v) is 5.10. The highest BCUT2D eigenvalue weighted by atomic mass is 16.4. The molecular formula is C12H15N3O3. The minimum atomic E-state index is -1.15. The van der Waals surface area contributed by atoms with E-state index in [1.165, 1.54) is 12.8 Å². The molecule has 2 N–H and O–H groups in total. The maximum atomic E-state index is 11.0. The molecule has 2 aliphatic heterocycles. The van der Waals surface area contributed by atoms with Crippen molar-refractivity contribution in [2.24, 2.45) is 0 Å². The molecule has 1 aromatic heterocycles. The molecule has 18 heavy (non-hydrogen) atoms. The Morgan fingerprint density at radius 1 is 1.44 bits per heavy atom. The standard InChI is InChI=1S/C12H15N3O3/c16-6-7-5-15(14-11(7)12(17)18)10-3-8-1-2-9(4-10)13-8/h5-6,8-10,13H,1-4H2,(H,17,18). The lowest BCUT2D eigenvalue weighted by molar-refractivity contribution is 0.0686.